The van der Waals surface area contributed by atoms with E-state index in [2.05, 4.69) is 24.0 Å². The summed E-state index contributed by atoms with van der Waals surface area (Å²) in [5.74, 6) is 0.902. The number of rotatable bonds is 5. The van der Waals surface area contributed by atoms with Gasteiger partial charge in [0, 0.05) is 25.2 Å². The summed E-state index contributed by atoms with van der Waals surface area (Å²) in [5, 5.41) is 0. The summed E-state index contributed by atoms with van der Waals surface area (Å²) in [7, 11) is 1.70. The highest BCUT2D eigenvalue weighted by Crippen LogP contribution is 2.23. The minimum atomic E-state index is -0.0177. The van der Waals surface area contributed by atoms with Gasteiger partial charge in [0.2, 0.25) is 0 Å². The molecule has 0 aliphatic carbocycles. The van der Waals surface area contributed by atoms with Gasteiger partial charge in [-0.3, -0.25) is 4.90 Å². The standard InChI is InChI=1S/C15H24N2O2/c1-15(12-16,17-6-8-19-9-7-17)11-13-4-3-5-14(10-13)18-2/h3-5,10H,6-9,11-12,16H2,1-2H3. The van der Waals surface area contributed by atoms with Crippen LogP contribution in [0.2, 0.25) is 0 Å². The molecule has 1 atom stereocenters. The highest BCUT2D eigenvalue weighted by molar-refractivity contribution is 5.29. The van der Waals surface area contributed by atoms with Crippen LogP contribution in [0.15, 0.2) is 24.3 Å². The predicted molar refractivity (Wildman–Crippen MR) is 76.5 cm³/mol. The zero-order chi connectivity index (χ0) is 13.7. The van der Waals surface area contributed by atoms with E-state index < -0.39 is 0 Å². The number of hydrogen-bond donors (Lipinski definition) is 1. The fourth-order valence-corrected chi connectivity index (χ4v) is 2.64. The maximum Gasteiger partial charge on any atom is 0.119 e. The lowest BCUT2D eigenvalue weighted by Gasteiger charge is -2.43. The number of nitrogens with zero attached hydrogens (tertiary/aromatic N) is 1. The van der Waals surface area contributed by atoms with E-state index in [1.807, 2.05) is 12.1 Å². The van der Waals surface area contributed by atoms with E-state index in [9.17, 15) is 0 Å². The van der Waals surface area contributed by atoms with Crippen LogP contribution < -0.4 is 10.5 Å². The molecule has 1 aliphatic rings. The molecule has 0 bridgehead atoms. The average Bonchev–Trinajstić information content (AvgIpc) is 2.48. The van der Waals surface area contributed by atoms with Crippen molar-refractivity contribution in [2.45, 2.75) is 18.9 Å². The maximum atomic E-state index is 6.04. The van der Waals surface area contributed by atoms with Crippen LogP contribution in [0.5, 0.6) is 5.75 Å². The molecule has 4 heteroatoms. The predicted octanol–water partition coefficient (Wildman–Crippen LogP) is 1.29. The number of benzene rings is 1. The fraction of sp³-hybridized carbons (Fsp3) is 0.600. The van der Waals surface area contributed by atoms with E-state index in [4.69, 9.17) is 15.2 Å². The number of methoxy groups -OCH3 is 1. The second-order valence-corrected chi connectivity index (χ2v) is 5.33. The lowest BCUT2D eigenvalue weighted by atomic mass is 9.90. The zero-order valence-electron chi connectivity index (χ0n) is 11.9. The van der Waals surface area contributed by atoms with E-state index in [1.165, 1.54) is 5.56 Å². The Labute approximate surface area is 115 Å². The Bertz CT molecular complexity index is 405. The first-order valence-electron chi connectivity index (χ1n) is 6.84. The molecule has 106 valence electrons. The summed E-state index contributed by atoms with van der Waals surface area (Å²) in [6.45, 7) is 6.39. The molecule has 0 aromatic heterocycles. The van der Waals surface area contributed by atoms with E-state index in [0.717, 1.165) is 38.5 Å². The lowest BCUT2D eigenvalue weighted by molar-refractivity contribution is -0.0132. The molecular weight excluding hydrogens is 240 g/mol. The van der Waals surface area contributed by atoms with Crippen LogP contribution >= 0.6 is 0 Å². The van der Waals surface area contributed by atoms with Gasteiger partial charge >= 0.3 is 0 Å². The SMILES string of the molecule is COc1cccc(CC(C)(CN)N2CCOCC2)c1. The minimum Gasteiger partial charge on any atom is -0.497 e. The first-order valence-corrected chi connectivity index (χ1v) is 6.84. The average molecular weight is 264 g/mol. The number of nitrogens with two attached hydrogens (primary N) is 1. The Balaban J connectivity index is 2.11. The highest BCUT2D eigenvalue weighted by atomic mass is 16.5. The molecule has 1 unspecified atom stereocenters. The maximum absolute atomic E-state index is 6.04. The van der Waals surface area contributed by atoms with Gasteiger partial charge in [-0.2, -0.15) is 0 Å². The lowest BCUT2D eigenvalue weighted by Crippen LogP contribution is -2.56. The monoisotopic (exact) mass is 264 g/mol. The van der Waals surface area contributed by atoms with Crippen LogP contribution in [-0.4, -0.2) is 50.4 Å². The molecule has 0 saturated carbocycles. The van der Waals surface area contributed by atoms with Crippen molar-refractivity contribution in [3.63, 3.8) is 0 Å². The van der Waals surface area contributed by atoms with Crippen LogP contribution in [0, 0.1) is 0 Å². The van der Waals surface area contributed by atoms with E-state index >= 15 is 0 Å². The van der Waals surface area contributed by atoms with Crippen LogP contribution in [0.4, 0.5) is 0 Å². The van der Waals surface area contributed by atoms with Gasteiger partial charge in [-0.25, -0.2) is 0 Å². The van der Waals surface area contributed by atoms with E-state index in [1.54, 1.807) is 7.11 Å². The third kappa shape index (κ3) is 3.47. The van der Waals surface area contributed by atoms with Crippen molar-refractivity contribution in [3.05, 3.63) is 29.8 Å². The van der Waals surface area contributed by atoms with Crippen molar-refractivity contribution in [1.29, 1.82) is 0 Å². The molecule has 1 saturated heterocycles. The van der Waals surface area contributed by atoms with Gasteiger partial charge in [0.25, 0.3) is 0 Å². The fourth-order valence-electron chi connectivity index (χ4n) is 2.64. The second-order valence-electron chi connectivity index (χ2n) is 5.33. The first kappa shape index (κ1) is 14.3. The molecule has 0 amide bonds. The summed E-state index contributed by atoms with van der Waals surface area (Å²) in [4.78, 5) is 2.44. The molecule has 2 rings (SSSR count). The van der Waals surface area contributed by atoms with Crippen LogP contribution in [0.3, 0.4) is 0 Å². The first-order chi connectivity index (χ1) is 9.18. The summed E-state index contributed by atoms with van der Waals surface area (Å²) in [6, 6.07) is 8.23. The van der Waals surface area contributed by atoms with Crippen molar-refractivity contribution >= 4 is 0 Å². The van der Waals surface area contributed by atoms with Gasteiger partial charge in [-0.15, -0.1) is 0 Å². The van der Waals surface area contributed by atoms with Gasteiger partial charge in [-0.05, 0) is 31.0 Å². The Hall–Kier alpha value is -1.10. The van der Waals surface area contributed by atoms with E-state index in [-0.39, 0.29) is 5.54 Å². The van der Waals surface area contributed by atoms with Gasteiger partial charge in [0.15, 0.2) is 0 Å². The summed E-state index contributed by atoms with van der Waals surface area (Å²) in [5.41, 5.74) is 7.29. The minimum absolute atomic E-state index is 0.0177. The van der Waals surface area contributed by atoms with Crippen molar-refractivity contribution < 1.29 is 9.47 Å². The Morgan fingerprint density at radius 3 is 2.74 bits per heavy atom. The third-order valence-corrected chi connectivity index (χ3v) is 3.93. The van der Waals surface area contributed by atoms with Gasteiger partial charge in [-0.1, -0.05) is 12.1 Å². The summed E-state index contributed by atoms with van der Waals surface area (Å²) < 4.78 is 10.7. The van der Waals surface area contributed by atoms with Crippen molar-refractivity contribution in [1.82, 2.24) is 4.90 Å². The molecule has 1 aromatic rings. The van der Waals surface area contributed by atoms with Crippen molar-refractivity contribution in [2.24, 2.45) is 5.73 Å². The molecule has 2 N–H and O–H groups in total. The Morgan fingerprint density at radius 2 is 2.11 bits per heavy atom. The number of ether oxygens (including phenoxy) is 2. The zero-order valence-corrected chi connectivity index (χ0v) is 11.9. The smallest absolute Gasteiger partial charge is 0.119 e. The Morgan fingerprint density at radius 1 is 1.37 bits per heavy atom. The largest absolute Gasteiger partial charge is 0.497 e. The van der Waals surface area contributed by atoms with Crippen molar-refractivity contribution in [3.8, 4) is 5.75 Å². The van der Waals surface area contributed by atoms with Crippen LogP contribution in [0.1, 0.15) is 12.5 Å². The summed E-state index contributed by atoms with van der Waals surface area (Å²) >= 11 is 0. The van der Waals surface area contributed by atoms with Crippen molar-refractivity contribution in [2.75, 3.05) is 40.0 Å². The molecule has 1 heterocycles. The summed E-state index contributed by atoms with van der Waals surface area (Å²) in [6.07, 6.45) is 0.931. The molecular formula is C15H24N2O2. The Kier molecular flexibility index (Phi) is 4.80. The highest BCUT2D eigenvalue weighted by Gasteiger charge is 2.31. The number of hydrogen-bond acceptors (Lipinski definition) is 4. The second kappa shape index (κ2) is 6.37. The number of morpholine rings is 1. The molecule has 1 aromatic carbocycles. The van der Waals surface area contributed by atoms with Gasteiger partial charge in [0.1, 0.15) is 5.75 Å². The third-order valence-electron chi connectivity index (χ3n) is 3.93. The molecule has 19 heavy (non-hydrogen) atoms. The topological polar surface area (TPSA) is 47.7 Å². The normalized spacial score (nSPS) is 19.9. The molecule has 4 nitrogen and oxygen atoms in total. The molecule has 1 aliphatic heterocycles. The molecule has 0 radical (unpaired) electrons. The van der Waals surface area contributed by atoms with Crippen LogP contribution in [0.25, 0.3) is 0 Å². The van der Waals surface area contributed by atoms with Gasteiger partial charge < -0.3 is 15.2 Å². The quantitative estimate of drug-likeness (QED) is 0.870. The van der Waals surface area contributed by atoms with Crippen LogP contribution in [-0.2, 0) is 11.2 Å². The van der Waals surface area contributed by atoms with E-state index in [0.29, 0.717) is 6.54 Å². The molecule has 0 spiro atoms. The molecule has 1 fully saturated rings. The van der Waals surface area contributed by atoms with Gasteiger partial charge in [0.05, 0.1) is 20.3 Å².